The first-order valence-electron chi connectivity index (χ1n) is 14.6. The predicted molar refractivity (Wildman–Crippen MR) is 169 cm³/mol. The Hall–Kier alpha value is -4.42. The third-order valence-electron chi connectivity index (χ3n) is 7.30. The molecule has 0 aliphatic heterocycles. The number of hydrogen-bond donors (Lipinski definition) is 6. The van der Waals surface area contributed by atoms with Gasteiger partial charge in [-0.1, -0.05) is 18.2 Å². The summed E-state index contributed by atoms with van der Waals surface area (Å²) in [6, 6.07) is 13.2. The quantitative estimate of drug-likeness (QED) is 0.0505. The molecule has 9 nitrogen and oxygen atoms in total. The molecule has 0 aliphatic rings. The van der Waals surface area contributed by atoms with Crippen molar-refractivity contribution in [3.8, 4) is 16.9 Å². The number of halogens is 3. The second-order valence-corrected chi connectivity index (χ2v) is 11.0. The molecule has 44 heavy (non-hydrogen) atoms. The molecule has 4 aromatic rings. The number of nitrogens with two attached hydrogens (primary N) is 2. The van der Waals surface area contributed by atoms with Crippen LogP contribution in [0.4, 0.5) is 13.2 Å². The summed E-state index contributed by atoms with van der Waals surface area (Å²) < 4.78 is 42.6. The Labute approximate surface area is 254 Å². The van der Waals surface area contributed by atoms with Crippen molar-refractivity contribution in [2.45, 2.75) is 57.3 Å². The number of aromatic nitrogens is 3. The third-order valence-corrected chi connectivity index (χ3v) is 7.30. The first-order chi connectivity index (χ1) is 20.9. The minimum absolute atomic E-state index is 0.0134. The van der Waals surface area contributed by atoms with Crippen LogP contribution in [0.15, 0.2) is 72.2 Å². The highest BCUT2D eigenvalue weighted by molar-refractivity contribution is 5.82. The Morgan fingerprint density at radius 2 is 1.91 bits per heavy atom. The van der Waals surface area contributed by atoms with Crippen LogP contribution in [0.3, 0.4) is 0 Å². The standard InChI is InChI=1S/C32H39F3N8O/c1-3-6-27(39-13-5-14-40-30(37)38)22-9-11-26(12-10-22)43-19-24-18-28(41-29(24)42-31(43)44)23-15-21(8-4-7-20(2)36)16-25(17-23)32(33,34)35/h3,9-12,15-20,27,39H,1,4-8,13-14,36H2,2H3,(H4,37,38,40)(H,41,42,44)/t20-,27+/m0/s1. The van der Waals surface area contributed by atoms with Gasteiger partial charge in [0.2, 0.25) is 0 Å². The van der Waals surface area contributed by atoms with Crippen molar-refractivity contribution in [1.82, 2.24) is 25.2 Å². The minimum atomic E-state index is -4.50. The van der Waals surface area contributed by atoms with Gasteiger partial charge >= 0.3 is 11.9 Å². The molecule has 0 aliphatic carbocycles. The highest BCUT2D eigenvalue weighted by Gasteiger charge is 2.31. The average molecular weight is 609 g/mol. The van der Waals surface area contributed by atoms with Gasteiger partial charge in [0.15, 0.2) is 5.96 Å². The first kappa shape index (κ1) is 32.5. The molecular formula is C32H39F3N8O. The number of benzene rings is 2. The van der Waals surface area contributed by atoms with Crippen molar-refractivity contribution in [3.63, 3.8) is 0 Å². The SMILES string of the molecule is C=CC[C@@H](NCCCNC(=N)N)c1ccc(-n2cc3cc(-c4cc(CCC[C@H](C)N)cc(C(F)(F)F)c4)[nH]c3nc2=O)cc1. The summed E-state index contributed by atoms with van der Waals surface area (Å²) in [6.45, 7) is 7.01. The number of aryl methyl sites for hydroxylation is 1. The Balaban J connectivity index is 1.58. The van der Waals surface area contributed by atoms with E-state index >= 15 is 0 Å². The van der Waals surface area contributed by atoms with Crippen LogP contribution in [-0.4, -0.2) is 39.6 Å². The average Bonchev–Trinajstić information content (AvgIpc) is 3.38. The molecule has 0 radical (unpaired) electrons. The van der Waals surface area contributed by atoms with Gasteiger partial charge in [-0.3, -0.25) is 9.98 Å². The molecule has 4 rings (SSSR count). The van der Waals surface area contributed by atoms with Gasteiger partial charge in [0.1, 0.15) is 5.65 Å². The van der Waals surface area contributed by atoms with Crippen LogP contribution in [0.1, 0.15) is 55.3 Å². The van der Waals surface area contributed by atoms with Crippen LogP contribution >= 0.6 is 0 Å². The monoisotopic (exact) mass is 608 g/mol. The van der Waals surface area contributed by atoms with E-state index in [1.807, 2.05) is 37.3 Å². The fourth-order valence-corrected chi connectivity index (χ4v) is 5.08. The molecule has 8 N–H and O–H groups in total. The van der Waals surface area contributed by atoms with Crippen LogP contribution < -0.4 is 27.8 Å². The summed E-state index contributed by atoms with van der Waals surface area (Å²) in [7, 11) is 0. The Morgan fingerprint density at radius 1 is 1.16 bits per heavy atom. The molecule has 2 aromatic heterocycles. The van der Waals surface area contributed by atoms with Crippen molar-refractivity contribution in [3.05, 3.63) is 94.6 Å². The Bertz CT molecular complexity index is 1640. The van der Waals surface area contributed by atoms with Gasteiger partial charge in [0.25, 0.3) is 0 Å². The van der Waals surface area contributed by atoms with Crippen molar-refractivity contribution >= 4 is 17.0 Å². The summed E-state index contributed by atoms with van der Waals surface area (Å²) in [5, 5.41) is 14.1. The molecular weight excluding hydrogens is 569 g/mol. The molecule has 0 amide bonds. The van der Waals surface area contributed by atoms with E-state index in [1.165, 1.54) is 10.6 Å². The van der Waals surface area contributed by atoms with Crippen LogP contribution in [0.25, 0.3) is 28.0 Å². The number of fused-ring (bicyclic) bond motifs is 1. The van der Waals surface area contributed by atoms with Crippen molar-refractivity contribution in [2.75, 3.05) is 13.1 Å². The zero-order chi connectivity index (χ0) is 31.9. The zero-order valence-corrected chi connectivity index (χ0v) is 24.7. The zero-order valence-electron chi connectivity index (χ0n) is 24.7. The molecule has 0 fully saturated rings. The summed E-state index contributed by atoms with van der Waals surface area (Å²) in [5.74, 6) is -0.0596. The van der Waals surface area contributed by atoms with Gasteiger partial charge in [-0.2, -0.15) is 18.2 Å². The molecule has 0 bridgehead atoms. The summed E-state index contributed by atoms with van der Waals surface area (Å²) in [6.07, 6.45) is 2.30. The van der Waals surface area contributed by atoms with E-state index in [0.717, 1.165) is 18.1 Å². The summed E-state index contributed by atoms with van der Waals surface area (Å²) in [5.41, 5.74) is 13.2. The van der Waals surface area contributed by atoms with Crippen LogP contribution in [-0.2, 0) is 12.6 Å². The smallest absolute Gasteiger partial charge is 0.370 e. The van der Waals surface area contributed by atoms with E-state index < -0.39 is 17.4 Å². The van der Waals surface area contributed by atoms with Crippen molar-refractivity contribution in [2.24, 2.45) is 11.5 Å². The molecule has 0 unspecified atom stereocenters. The number of aromatic amines is 1. The number of H-pyrrole nitrogens is 1. The Kier molecular flexibility index (Phi) is 10.6. The van der Waals surface area contributed by atoms with E-state index in [-0.39, 0.29) is 18.0 Å². The molecule has 2 heterocycles. The molecule has 2 aromatic carbocycles. The number of guanidine groups is 1. The third kappa shape index (κ3) is 8.57. The second-order valence-electron chi connectivity index (χ2n) is 11.0. The maximum Gasteiger partial charge on any atom is 0.416 e. The maximum absolute atomic E-state index is 13.7. The molecule has 12 heteroatoms. The molecule has 0 spiro atoms. The lowest BCUT2D eigenvalue weighted by Gasteiger charge is -2.18. The topological polar surface area (TPSA) is 151 Å². The number of nitrogens with zero attached hydrogens (tertiary/aromatic N) is 2. The van der Waals surface area contributed by atoms with Crippen molar-refractivity contribution in [1.29, 1.82) is 5.41 Å². The van der Waals surface area contributed by atoms with E-state index in [4.69, 9.17) is 16.9 Å². The summed E-state index contributed by atoms with van der Waals surface area (Å²) >= 11 is 0. The number of nitrogens with one attached hydrogen (secondary N) is 4. The molecule has 234 valence electrons. The normalized spacial score (nSPS) is 13.1. The van der Waals surface area contributed by atoms with Crippen LogP contribution in [0.2, 0.25) is 0 Å². The van der Waals surface area contributed by atoms with E-state index in [1.54, 1.807) is 18.3 Å². The number of alkyl halides is 3. The minimum Gasteiger partial charge on any atom is -0.370 e. The highest BCUT2D eigenvalue weighted by atomic mass is 19.4. The maximum atomic E-state index is 13.7. The fraction of sp³-hybridized carbons (Fsp3) is 0.344. The lowest BCUT2D eigenvalue weighted by molar-refractivity contribution is -0.137. The highest BCUT2D eigenvalue weighted by Crippen LogP contribution is 2.34. The van der Waals surface area contributed by atoms with Crippen molar-refractivity contribution < 1.29 is 13.2 Å². The van der Waals surface area contributed by atoms with E-state index in [9.17, 15) is 18.0 Å². The summed E-state index contributed by atoms with van der Waals surface area (Å²) in [4.78, 5) is 20.2. The van der Waals surface area contributed by atoms with Gasteiger partial charge in [-0.05, 0) is 98.7 Å². The van der Waals surface area contributed by atoms with Gasteiger partial charge in [0, 0.05) is 35.9 Å². The van der Waals surface area contributed by atoms with Gasteiger partial charge in [0.05, 0.1) is 11.3 Å². The van der Waals surface area contributed by atoms with Gasteiger partial charge in [-0.25, -0.2) is 4.79 Å². The Morgan fingerprint density at radius 3 is 2.57 bits per heavy atom. The number of hydrogen-bond acceptors (Lipinski definition) is 5. The molecule has 0 saturated carbocycles. The first-order valence-corrected chi connectivity index (χ1v) is 14.6. The molecule has 0 saturated heterocycles. The second kappa shape index (κ2) is 14.4. The largest absolute Gasteiger partial charge is 0.416 e. The number of rotatable bonds is 14. The van der Waals surface area contributed by atoms with Crippen LogP contribution in [0.5, 0.6) is 0 Å². The predicted octanol–water partition coefficient (Wildman–Crippen LogP) is 5.15. The van der Waals surface area contributed by atoms with E-state index in [2.05, 4.69) is 27.2 Å². The lowest BCUT2D eigenvalue weighted by atomic mass is 9.99. The molecule has 2 atom stereocenters. The van der Waals surface area contributed by atoms with Gasteiger partial charge in [-0.15, -0.1) is 6.58 Å². The van der Waals surface area contributed by atoms with Crippen LogP contribution in [0, 0.1) is 5.41 Å². The van der Waals surface area contributed by atoms with Gasteiger partial charge < -0.3 is 27.1 Å². The lowest BCUT2D eigenvalue weighted by Crippen LogP contribution is -2.33. The fourth-order valence-electron chi connectivity index (χ4n) is 5.08. The van der Waals surface area contributed by atoms with E-state index in [0.29, 0.717) is 72.3 Å².